The summed E-state index contributed by atoms with van der Waals surface area (Å²) in [7, 11) is -3.27. The zero-order chi connectivity index (χ0) is 13.0. The van der Waals surface area contributed by atoms with E-state index in [1.54, 1.807) is 0 Å². The summed E-state index contributed by atoms with van der Waals surface area (Å²) in [6.07, 6.45) is 0.459. The zero-order valence-corrected chi connectivity index (χ0v) is 11.8. The lowest BCUT2D eigenvalue weighted by Crippen LogP contribution is -2.42. The van der Waals surface area contributed by atoms with Gasteiger partial charge in [0, 0.05) is 12.6 Å². The maximum absolute atomic E-state index is 11.8. The summed E-state index contributed by atoms with van der Waals surface area (Å²) in [6.45, 7) is 9.56. The summed E-state index contributed by atoms with van der Waals surface area (Å²) in [5.74, 6) is 0.288. The van der Waals surface area contributed by atoms with Crippen molar-refractivity contribution < 1.29 is 13.5 Å². The van der Waals surface area contributed by atoms with Crippen LogP contribution in [0.15, 0.2) is 0 Å². The van der Waals surface area contributed by atoms with Crippen LogP contribution in [-0.2, 0) is 10.0 Å². The van der Waals surface area contributed by atoms with Gasteiger partial charge >= 0.3 is 0 Å². The molecule has 4 nitrogen and oxygen atoms in total. The molecule has 0 aliphatic heterocycles. The van der Waals surface area contributed by atoms with E-state index < -0.39 is 10.0 Å². The Labute approximate surface area is 99.5 Å². The second-order valence-corrected chi connectivity index (χ2v) is 7.55. The molecular weight excluding hydrogens is 226 g/mol. The molecule has 0 bridgehead atoms. The predicted octanol–water partition coefficient (Wildman–Crippen LogP) is 1.36. The average molecular weight is 251 g/mol. The lowest BCUT2D eigenvalue weighted by atomic mass is 10.0. The van der Waals surface area contributed by atoms with E-state index in [0.717, 1.165) is 0 Å². The summed E-state index contributed by atoms with van der Waals surface area (Å²) >= 11 is 0. The van der Waals surface area contributed by atoms with Crippen molar-refractivity contribution >= 4 is 10.0 Å². The summed E-state index contributed by atoms with van der Waals surface area (Å²) in [5.41, 5.74) is -0.257. The van der Waals surface area contributed by atoms with Crippen LogP contribution in [0.1, 0.15) is 41.0 Å². The predicted molar refractivity (Wildman–Crippen MR) is 66.7 cm³/mol. The van der Waals surface area contributed by atoms with Gasteiger partial charge in [0.1, 0.15) is 0 Å². The molecule has 0 heterocycles. The highest BCUT2D eigenvalue weighted by Gasteiger charge is 2.25. The fourth-order valence-corrected chi connectivity index (χ4v) is 3.58. The average Bonchev–Trinajstić information content (AvgIpc) is 1.97. The maximum Gasteiger partial charge on any atom is 0.212 e. The van der Waals surface area contributed by atoms with Gasteiger partial charge < -0.3 is 5.11 Å². The van der Waals surface area contributed by atoms with Crippen molar-refractivity contribution in [1.82, 2.24) is 4.72 Å². The van der Waals surface area contributed by atoms with Crippen LogP contribution in [0.2, 0.25) is 0 Å². The lowest BCUT2D eigenvalue weighted by Gasteiger charge is -2.24. The van der Waals surface area contributed by atoms with Crippen molar-refractivity contribution in [2.24, 2.45) is 11.3 Å². The van der Waals surface area contributed by atoms with E-state index >= 15 is 0 Å². The lowest BCUT2D eigenvalue weighted by molar-refractivity contribution is 0.255. The first kappa shape index (κ1) is 15.9. The van der Waals surface area contributed by atoms with E-state index in [0.29, 0.717) is 6.42 Å². The fraction of sp³-hybridized carbons (Fsp3) is 1.00. The van der Waals surface area contributed by atoms with Crippen LogP contribution in [0, 0.1) is 11.3 Å². The normalized spacial score (nSPS) is 15.4. The highest BCUT2D eigenvalue weighted by Crippen LogP contribution is 2.17. The Morgan fingerprint density at radius 3 is 2.06 bits per heavy atom. The Kier molecular flexibility index (Phi) is 5.93. The molecule has 0 fully saturated rings. The second-order valence-electron chi connectivity index (χ2n) is 5.80. The second kappa shape index (κ2) is 5.98. The first-order chi connectivity index (χ1) is 7.07. The fourth-order valence-electron chi connectivity index (χ4n) is 1.51. The molecule has 0 aliphatic rings. The number of nitrogens with one attached hydrogen (secondary N) is 1. The van der Waals surface area contributed by atoms with E-state index in [4.69, 9.17) is 5.11 Å². The van der Waals surface area contributed by atoms with Crippen molar-refractivity contribution in [2.75, 3.05) is 12.4 Å². The molecule has 0 aliphatic carbocycles. The third-order valence-electron chi connectivity index (χ3n) is 2.20. The molecule has 0 aromatic rings. The molecule has 0 saturated carbocycles. The summed E-state index contributed by atoms with van der Waals surface area (Å²) in [6, 6.07) is -0.183. The Morgan fingerprint density at radius 1 is 1.25 bits per heavy atom. The largest absolute Gasteiger partial charge is 0.396 e. The molecule has 98 valence electrons. The Morgan fingerprint density at radius 2 is 1.75 bits per heavy atom. The quantitative estimate of drug-likeness (QED) is 0.749. The SMILES string of the molecule is CC(C)C(CCO)NS(=O)(=O)CC(C)(C)C. The Bertz CT molecular complexity index is 291. The highest BCUT2D eigenvalue weighted by atomic mass is 32.2. The smallest absolute Gasteiger partial charge is 0.212 e. The zero-order valence-electron chi connectivity index (χ0n) is 10.9. The van der Waals surface area contributed by atoms with Crippen LogP contribution < -0.4 is 4.72 Å². The van der Waals surface area contributed by atoms with Crippen LogP contribution in [-0.4, -0.2) is 31.9 Å². The standard InChI is InChI=1S/C11H25NO3S/c1-9(2)10(6-7-13)12-16(14,15)8-11(3,4)5/h9-10,12-13H,6-8H2,1-5H3. The Balaban J connectivity index is 4.55. The van der Waals surface area contributed by atoms with Gasteiger partial charge in [-0.15, -0.1) is 0 Å². The molecule has 0 radical (unpaired) electrons. The summed E-state index contributed by atoms with van der Waals surface area (Å²) in [5, 5.41) is 8.88. The Hall–Kier alpha value is -0.130. The van der Waals surface area contributed by atoms with E-state index in [1.807, 2.05) is 34.6 Å². The summed E-state index contributed by atoms with van der Waals surface area (Å²) < 4.78 is 26.3. The van der Waals surface area contributed by atoms with Gasteiger partial charge in [-0.2, -0.15) is 0 Å². The van der Waals surface area contributed by atoms with E-state index in [1.165, 1.54) is 0 Å². The van der Waals surface area contributed by atoms with E-state index in [-0.39, 0.29) is 29.7 Å². The number of rotatable bonds is 6. The van der Waals surface area contributed by atoms with Gasteiger partial charge in [-0.25, -0.2) is 13.1 Å². The third-order valence-corrected chi connectivity index (χ3v) is 4.11. The van der Waals surface area contributed by atoms with Gasteiger partial charge in [-0.3, -0.25) is 0 Å². The molecule has 2 N–H and O–H groups in total. The molecule has 5 heteroatoms. The van der Waals surface area contributed by atoms with Crippen LogP contribution in [0.25, 0.3) is 0 Å². The number of hydrogen-bond acceptors (Lipinski definition) is 3. The molecule has 0 amide bonds. The van der Waals surface area contributed by atoms with E-state index in [2.05, 4.69) is 4.72 Å². The number of aliphatic hydroxyl groups is 1. The van der Waals surface area contributed by atoms with E-state index in [9.17, 15) is 8.42 Å². The van der Waals surface area contributed by atoms with Crippen molar-refractivity contribution in [2.45, 2.75) is 47.1 Å². The van der Waals surface area contributed by atoms with Crippen LogP contribution in [0.4, 0.5) is 0 Å². The van der Waals surface area contributed by atoms with Crippen LogP contribution >= 0.6 is 0 Å². The molecule has 0 rings (SSSR count). The van der Waals surface area contributed by atoms with Crippen LogP contribution in [0.3, 0.4) is 0 Å². The van der Waals surface area contributed by atoms with Crippen molar-refractivity contribution in [3.63, 3.8) is 0 Å². The van der Waals surface area contributed by atoms with Gasteiger partial charge in [-0.1, -0.05) is 34.6 Å². The van der Waals surface area contributed by atoms with Crippen molar-refractivity contribution in [1.29, 1.82) is 0 Å². The molecule has 0 aromatic heterocycles. The van der Waals surface area contributed by atoms with Crippen molar-refractivity contribution in [3.8, 4) is 0 Å². The molecule has 16 heavy (non-hydrogen) atoms. The van der Waals surface area contributed by atoms with Crippen molar-refractivity contribution in [3.05, 3.63) is 0 Å². The molecular formula is C11H25NO3S. The maximum atomic E-state index is 11.8. The number of aliphatic hydroxyl groups excluding tert-OH is 1. The third kappa shape index (κ3) is 7.19. The van der Waals surface area contributed by atoms with Gasteiger partial charge in [0.05, 0.1) is 5.75 Å². The van der Waals surface area contributed by atoms with Gasteiger partial charge in [0.2, 0.25) is 10.0 Å². The van der Waals surface area contributed by atoms with Gasteiger partial charge in [0.25, 0.3) is 0 Å². The topological polar surface area (TPSA) is 66.4 Å². The summed E-state index contributed by atoms with van der Waals surface area (Å²) in [4.78, 5) is 0. The number of sulfonamides is 1. The molecule has 1 atom stereocenters. The molecule has 0 spiro atoms. The minimum Gasteiger partial charge on any atom is -0.396 e. The number of hydrogen-bond donors (Lipinski definition) is 2. The highest BCUT2D eigenvalue weighted by molar-refractivity contribution is 7.89. The minimum absolute atomic E-state index is 0.000878. The minimum atomic E-state index is -3.27. The van der Waals surface area contributed by atoms with Gasteiger partial charge in [-0.05, 0) is 17.8 Å². The first-order valence-electron chi connectivity index (χ1n) is 5.68. The van der Waals surface area contributed by atoms with Gasteiger partial charge in [0.15, 0.2) is 0 Å². The first-order valence-corrected chi connectivity index (χ1v) is 7.33. The molecule has 1 unspecified atom stereocenters. The van der Waals surface area contributed by atoms with Crippen LogP contribution in [0.5, 0.6) is 0 Å². The molecule has 0 aromatic carbocycles. The monoisotopic (exact) mass is 251 g/mol. The molecule has 0 saturated heterocycles.